The molecular weight excluding hydrogens is 247 g/mol. The van der Waals surface area contributed by atoms with Gasteiger partial charge in [0.2, 0.25) is 0 Å². The molecule has 90 valence electrons. The highest BCUT2D eigenvalue weighted by Gasteiger charge is 2.37. The first-order chi connectivity index (χ1) is 8.38. The van der Waals surface area contributed by atoms with E-state index >= 15 is 0 Å². The molecule has 18 heavy (non-hydrogen) atoms. The maximum Gasteiger partial charge on any atom is 0.435 e. The second-order valence-corrected chi connectivity index (χ2v) is 3.05. The number of carbonyl (C=O) groups is 1. The minimum absolute atomic E-state index is 0.162. The van der Waals surface area contributed by atoms with Gasteiger partial charge in [0.25, 0.3) is 0 Å². The molecule has 1 aliphatic rings. The summed E-state index contributed by atoms with van der Waals surface area (Å²) >= 11 is 0. The highest BCUT2D eigenvalue weighted by molar-refractivity contribution is 6.16. The molecule has 0 saturated heterocycles. The minimum Gasteiger partial charge on any atom is -0.290 e. The van der Waals surface area contributed by atoms with Crippen LogP contribution in [0.15, 0.2) is 40.6 Å². The van der Waals surface area contributed by atoms with Crippen LogP contribution in [0.4, 0.5) is 13.2 Å². The lowest BCUT2D eigenvalue weighted by molar-refractivity contribution is -0.110. The largest absolute Gasteiger partial charge is 0.435 e. The van der Waals surface area contributed by atoms with Crippen molar-refractivity contribution >= 4 is 11.5 Å². The predicted octanol–water partition coefficient (Wildman–Crippen LogP) is 1.99. The highest BCUT2D eigenvalue weighted by atomic mass is 19.4. The fourth-order valence-corrected chi connectivity index (χ4v) is 1.04. The van der Waals surface area contributed by atoms with Crippen molar-refractivity contribution in [3.05, 3.63) is 35.6 Å². The normalized spacial score (nSPS) is 13.8. The first kappa shape index (κ1) is 13.4. The van der Waals surface area contributed by atoms with E-state index in [4.69, 9.17) is 10.5 Å². The molecular formula is C11H4F3N3O. The van der Waals surface area contributed by atoms with Gasteiger partial charge in [-0.25, -0.2) is 4.99 Å². The molecule has 0 fully saturated rings. The van der Waals surface area contributed by atoms with Crippen LogP contribution in [0.2, 0.25) is 0 Å². The second-order valence-electron chi connectivity index (χ2n) is 3.05. The highest BCUT2D eigenvalue weighted by Crippen LogP contribution is 2.29. The molecule has 0 aliphatic heterocycles. The lowest BCUT2D eigenvalue weighted by atomic mass is 10.1. The van der Waals surface area contributed by atoms with Crippen LogP contribution in [-0.4, -0.2) is 17.7 Å². The fourth-order valence-electron chi connectivity index (χ4n) is 1.04. The van der Waals surface area contributed by atoms with E-state index in [1.807, 2.05) is 0 Å². The van der Waals surface area contributed by atoms with Gasteiger partial charge in [0.1, 0.15) is 12.1 Å². The first-order valence-corrected chi connectivity index (χ1v) is 4.49. The summed E-state index contributed by atoms with van der Waals surface area (Å²) in [6.07, 6.45) is -0.714. The number of hydrogen-bond acceptors (Lipinski definition) is 4. The Balaban J connectivity index is 3.31. The Bertz CT molecular complexity index is 546. The van der Waals surface area contributed by atoms with Crippen molar-refractivity contribution in [2.45, 2.75) is 6.18 Å². The molecule has 0 amide bonds. The molecule has 0 atom stereocenters. The van der Waals surface area contributed by atoms with Gasteiger partial charge in [-0.15, -0.1) is 0 Å². The lowest BCUT2D eigenvalue weighted by Crippen LogP contribution is -2.14. The van der Waals surface area contributed by atoms with Crippen molar-refractivity contribution in [2.24, 2.45) is 4.99 Å². The number of aliphatic imine (C=N–C) groups is 1. The van der Waals surface area contributed by atoms with Crippen LogP contribution in [0.5, 0.6) is 0 Å². The van der Waals surface area contributed by atoms with Gasteiger partial charge in [0.05, 0.1) is 5.71 Å². The van der Waals surface area contributed by atoms with Gasteiger partial charge in [-0.05, 0) is 24.3 Å². The van der Waals surface area contributed by atoms with E-state index in [1.165, 1.54) is 0 Å². The van der Waals surface area contributed by atoms with Crippen LogP contribution in [0.25, 0.3) is 0 Å². The Morgan fingerprint density at radius 1 is 1.11 bits per heavy atom. The summed E-state index contributed by atoms with van der Waals surface area (Å²) in [5, 5.41) is 16.9. The Kier molecular flexibility index (Phi) is 3.80. The molecule has 0 aromatic rings. The minimum atomic E-state index is -4.92. The molecule has 0 N–H and O–H groups in total. The molecule has 0 unspecified atom stereocenters. The van der Waals surface area contributed by atoms with E-state index in [0.717, 1.165) is 36.4 Å². The Hall–Kier alpha value is -2.67. The molecule has 0 saturated carbocycles. The van der Waals surface area contributed by atoms with Gasteiger partial charge in [0.15, 0.2) is 17.1 Å². The number of nitriles is 2. The zero-order chi connectivity index (χ0) is 13.8. The van der Waals surface area contributed by atoms with E-state index in [0.29, 0.717) is 0 Å². The Labute approximate surface area is 99.7 Å². The van der Waals surface area contributed by atoms with Gasteiger partial charge in [0, 0.05) is 0 Å². The lowest BCUT2D eigenvalue weighted by Gasteiger charge is -2.08. The Morgan fingerprint density at radius 2 is 1.61 bits per heavy atom. The van der Waals surface area contributed by atoms with Gasteiger partial charge >= 0.3 is 6.18 Å². The van der Waals surface area contributed by atoms with Gasteiger partial charge in [-0.3, -0.25) is 4.79 Å². The summed E-state index contributed by atoms with van der Waals surface area (Å²) in [5.74, 6) is -0.382. The van der Waals surface area contributed by atoms with Crippen LogP contribution < -0.4 is 0 Å². The molecule has 0 spiro atoms. The quantitative estimate of drug-likeness (QED) is 0.528. The van der Waals surface area contributed by atoms with Gasteiger partial charge < -0.3 is 0 Å². The third-order valence-corrected chi connectivity index (χ3v) is 1.81. The fraction of sp³-hybridized carbons (Fsp3) is 0.0909. The molecule has 0 aromatic carbocycles. The summed E-state index contributed by atoms with van der Waals surface area (Å²) in [4.78, 5) is 14.0. The van der Waals surface area contributed by atoms with Crippen molar-refractivity contribution in [1.82, 2.24) is 0 Å². The van der Waals surface area contributed by atoms with Crippen molar-refractivity contribution in [1.29, 1.82) is 10.5 Å². The zero-order valence-electron chi connectivity index (χ0n) is 8.69. The number of rotatable bonds is 1. The number of hydrogen-bond donors (Lipinski definition) is 0. The predicted molar refractivity (Wildman–Crippen MR) is 55.0 cm³/mol. The van der Waals surface area contributed by atoms with Crippen molar-refractivity contribution in [3.63, 3.8) is 0 Å². The summed E-state index contributed by atoms with van der Waals surface area (Å²) in [6.45, 7) is 0. The number of carbonyl (C=O) groups excluding carboxylic acids is 1. The first-order valence-electron chi connectivity index (χ1n) is 4.49. The number of ketones is 1. The van der Waals surface area contributed by atoms with E-state index < -0.39 is 17.4 Å². The number of nitrogens with zero attached hydrogens (tertiary/aromatic N) is 3. The maximum absolute atomic E-state index is 12.6. The van der Waals surface area contributed by atoms with Crippen LogP contribution in [0.1, 0.15) is 0 Å². The zero-order valence-corrected chi connectivity index (χ0v) is 8.69. The molecule has 0 bridgehead atoms. The molecule has 1 rings (SSSR count). The van der Waals surface area contributed by atoms with E-state index in [-0.39, 0.29) is 11.5 Å². The van der Waals surface area contributed by atoms with Crippen LogP contribution >= 0.6 is 0 Å². The third-order valence-electron chi connectivity index (χ3n) is 1.81. The monoisotopic (exact) mass is 251 g/mol. The topological polar surface area (TPSA) is 77.0 Å². The van der Waals surface area contributed by atoms with E-state index in [9.17, 15) is 18.0 Å². The number of allylic oxidation sites excluding steroid dienone is 6. The van der Waals surface area contributed by atoms with E-state index in [1.54, 1.807) is 0 Å². The SMILES string of the molecule is N#CC(C#N)=C(N=C1C=CC(=O)C=C1)C(F)(F)F. The number of halogens is 3. The molecule has 0 radical (unpaired) electrons. The van der Waals surface area contributed by atoms with Crippen LogP contribution in [-0.2, 0) is 4.79 Å². The van der Waals surface area contributed by atoms with Crippen LogP contribution in [0, 0.1) is 22.7 Å². The average Bonchev–Trinajstić information content (AvgIpc) is 2.30. The molecule has 0 aromatic heterocycles. The van der Waals surface area contributed by atoms with E-state index in [2.05, 4.69) is 4.99 Å². The van der Waals surface area contributed by atoms with Gasteiger partial charge in [-0.2, -0.15) is 23.7 Å². The summed E-state index contributed by atoms with van der Waals surface area (Å²) in [6, 6.07) is 2.27. The van der Waals surface area contributed by atoms with Crippen molar-refractivity contribution in [3.8, 4) is 12.1 Å². The molecule has 1 aliphatic carbocycles. The van der Waals surface area contributed by atoms with Crippen molar-refractivity contribution in [2.75, 3.05) is 0 Å². The standard InChI is InChI=1S/C11H4F3N3O/c12-11(13,14)10(7(5-15)6-16)17-8-1-3-9(18)4-2-8/h1-4H. The summed E-state index contributed by atoms with van der Waals surface area (Å²) in [5.41, 5.74) is -2.87. The van der Waals surface area contributed by atoms with Crippen LogP contribution in [0.3, 0.4) is 0 Å². The summed E-state index contributed by atoms with van der Waals surface area (Å²) in [7, 11) is 0. The van der Waals surface area contributed by atoms with Crippen molar-refractivity contribution < 1.29 is 18.0 Å². The van der Waals surface area contributed by atoms with Gasteiger partial charge in [-0.1, -0.05) is 0 Å². The summed E-state index contributed by atoms with van der Waals surface area (Å²) < 4.78 is 37.8. The molecule has 7 heteroatoms. The third kappa shape index (κ3) is 3.16. The smallest absolute Gasteiger partial charge is 0.290 e. The maximum atomic E-state index is 12.6. The Morgan fingerprint density at radius 3 is 2.00 bits per heavy atom. The number of alkyl halides is 3. The second kappa shape index (κ2) is 5.11. The molecule has 4 nitrogen and oxygen atoms in total. The molecule has 0 heterocycles. The average molecular weight is 251 g/mol.